The monoisotopic (exact) mass is 278 g/mol. The summed E-state index contributed by atoms with van der Waals surface area (Å²) < 4.78 is 0. The van der Waals surface area contributed by atoms with E-state index in [0.717, 1.165) is 5.69 Å². The van der Waals surface area contributed by atoms with Gasteiger partial charge >= 0.3 is 0 Å². The smallest absolute Gasteiger partial charge is 0.229 e. The summed E-state index contributed by atoms with van der Waals surface area (Å²) in [5.74, 6) is 1.88. The highest BCUT2D eigenvalue weighted by molar-refractivity contribution is 5.57. The molecule has 0 bridgehead atoms. The molecule has 0 saturated heterocycles. The lowest BCUT2D eigenvalue weighted by molar-refractivity contribution is 1.13. The average Bonchev–Trinajstić information content (AvgIpc) is 2.49. The topological polar surface area (TPSA) is 75.6 Å². The van der Waals surface area contributed by atoms with Crippen molar-refractivity contribution in [2.24, 2.45) is 0 Å². The number of benzene rings is 1. The van der Waals surface area contributed by atoms with Gasteiger partial charge in [-0.15, -0.1) is 0 Å². The second kappa shape index (κ2) is 5.96. The number of rotatable bonds is 4. The molecular formula is C15H14N6. The first kappa shape index (κ1) is 13.0. The van der Waals surface area contributed by atoms with E-state index in [1.807, 2.05) is 31.2 Å². The van der Waals surface area contributed by atoms with E-state index in [4.69, 9.17) is 0 Å². The Morgan fingerprint density at radius 1 is 0.905 bits per heavy atom. The van der Waals surface area contributed by atoms with Crippen molar-refractivity contribution in [2.75, 3.05) is 10.6 Å². The Morgan fingerprint density at radius 3 is 2.62 bits per heavy atom. The van der Waals surface area contributed by atoms with Crippen LogP contribution in [0, 0.1) is 6.92 Å². The highest BCUT2D eigenvalue weighted by atomic mass is 15.2. The third-order valence-electron chi connectivity index (χ3n) is 2.77. The van der Waals surface area contributed by atoms with E-state index in [-0.39, 0.29) is 0 Å². The van der Waals surface area contributed by atoms with Crippen LogP contribution in [0.25, 0.3) is 0 Å². The second-order valence-corrected chi connectivity index (χ2v) is 4.48. The van der Waals surface area contributed by atoms with Crippen LogP contribution in [0.5, 0.6) is 0 Å². The zero-order chi connectivity index (χ0) is 14.5. The number of aryl methyl sites for hydroxylation is 1. The standard InChI is InChI=1S/C15H14N6/c1-11-3-2-4-12(9-11)19-15-17-8-6-14(21-15)20-13-5-7-16-10-18-13/h2-10H,1H3,(H2,16,17,18,19,20,21). The summed E-state index contributed by atoms with van der Waals surface area (Å²) in [6.07, 6.45) is 4.84. The van der Waals surface area contributed by atoms with Crippen molar-refractivity contribution in [3.8, 4) is 0 Å². The Balaban J connectivity index is 1.77. The van der Waals surface area contributed by atoms with Gasteiger partial charge in [0.15, 0.2) is 0 Å². The molecule has 6 nitrogen and oxygen atoms in total. The summed E-state index contributed by atoms with van der Waals surface area (Å²) in [5, 5.41) is 6.28. The zero-order valence-corrected chi connectivity index (χ0v) is 11.5. The highest BCUT2D eigenvalue weighted by Crippen LogP contribution is 2.16. The van der Waals surface area contributed by atoms with Gasteiger partial charge in [-0.1, -0.05) is 12.1 Å². The van der Waals surface area contributed by atoms with E-state index in [2.05, 4.69) is 30.6 Å². The van der Waals surface area contributed by atoms with E-state index >= 15 is 0 Å². The fourth-order valence-corrected chi connectivity index (χ4v) is 1.84. The molecule has 3 aromatic rings. The summed E-state index contributed by atoms with van der Waals surface area (Å²) in [6.45, 7) is 2.04. The molecule has 0 atom stereocenters. The SMILES string of the molecule is Cc1cccc(Nc2nccc(Nc3ccncn3)n2)c1. The molecule has 0 aliphatic rings. The first-order valence-electron chi connectivity index (χ1n) is 6.49. The first-order chi connectivity index (χ1) is 10.3. The van der Waals surface area contributed by atoms with Crippen LogP contribution >= 0.6 is 0 Å². The lowest BCUT2D eigenvalue weighted by Crippen LogP contribution is -2.01. The van der Waals surface area contributed by atoms with Crippen LogP contribution in [0.3, 0.4) is 0 Å². The van der Waals surface area contributed by atoms with Crippen molar-refractivity contribution >= 4 is 23.3 Å². The first-order valence-corrected chi connectivity index (χ1v) is 6.49. The Hall–Kier alpha value is -3.02. The van der Waals surface area contributed by atoms with Gasteiger partial charge in [0.2, 0.25) is 5.95 Å². The normalized spacial score (nSPS) is 10.1. The molecule has 0 spiro atoms. The highest BCUT2D eigenvalue weighted by Gasteiger charge is 2.01. The van der Waals surface area contributed by atoms with Gasteiger partial charge in [0, 0.05) is 18.1 Å². The van der Waals surface area contributed by atoms with Gasteiger partial charge in [-0.05, 0) is 36.8 Å². The van der Waals surface area contributed by atoms with Gasteiger partial charge in [0.05, 0.1) is 0 Å². The van der Waals surface area contributed by atoms with Crippen LogP contribution < -0.4 is 10.6 Å². The Morgan fingerprint density at radius 2 is 1.81 bits per heavy atom. The third-order valence-corrected chi connectivity index (χ3v) is 2.77. The summed E-state index contributed by atoms with van der Waals surface area (Å²) in [5.41, 5.74) is 2.13. The van der Waals surface area contributed by atoms with Gasteiger partial charge in [-0.3, -0.25) is 0 Å². The van der Waals surface area contributed by atoms with Crippen molar-refractivity contribution in [1.82, 2.24) is 19.9 Å². The van der Waals surface area contributed by atoms with E-state index in [0.29, 0.717) is 17.6 Å². The van der Waals surface area contributed by atoms with Gasteiger partial charge in [-0.2, -0.15) is 4.98 Å². The Bertz CT molecular complexity index is 729. The molecule has 3 rings (SSSR count). The maximum Gasteiger partial charge on any atom is 0.229 e. The Labute approximate surface area is 122 Å². The number of hydrogen-bond acceptors (Lipinski definition) is 6. The minimum atomic E-state index is 0.527. The summed E-state index contributed by atoms with van der Waals surface area (Å²) in [6, 6.07) is 11.6. The molecule has 6 heteroatoms. The average molecular weight is 278 g/mol. The minimum Gasteiger partial charge on any atom is -0.325 e. The van der Waals surface area contributed by atoms with Crippen LogP contribution in [0.4, 0.5) is 23.3 Å². The second-order valence-electron chi connectivity index (χ2n) is 4.48. The lowest BCUT2D eigenvalue weighted by atomic mass is 10.2. The number of hydrogen-bond donors (Lipinski definition) is 2. The molecule has 1 aromatic carbocycles. The van der Waals surface area contributed by atoms with Crippen LogP contribution in [0.2, 0.25) is 0 Å². The lowest BCUT2D eigenvalue weighted by Gasteiger charge is -2.08. The third kappa shape index (κ3) is 3.50. The van der Waals surface area contributed by atoms with Crippen LogP contribution in [-0.2, 0) is 0 Å². The predicted octanol–water partition coefficient (Wildman–Crippen LogP) is 3.06. The quantitative estimate of drug-likeness (QED) is 0.764. The fraction of sp³-hybridized carbons (Fsp3) is 0.0667. The number of aromatic nitrogens is 4. The summed E-state index contributed by atoms with van der Waals surface area (Å²) in [4.78, 5) is 16.6. The summed E-state index contributed by atoms with van der Waals surface area (Å²) >= 11 is 0. The zero-order valence-electron chi connectivity index (χ0n) is 11.5. The fourth-order valence-electron chi connectivity index (χ4n) is 1.84. The summed E-state index contributed by atoms with van der Waals surface area (Å²) in [7, 11) is 0. The van der Waals surface area contributed by atoms with Crippen molar-refractivity contribution in [3.05, 3.63) is 60.7 Å². The van der Waals surface area contributed by atoms with Crippen LogP contribution in [0.1, 0.15) is 5.56 Å². The molecule has 0 saturated carbocycles. The van der Waals surface area contributed by atoms with Crippen molar-refractivity contribution < 1.29 is 0 Å². The van der Waals surface area contributed by atoms with E-state index in [1.165, 1.54) is 11.9 Å². The largest absolute Gasteiger partial charge is 0.325 e. The van der Waals surface area contributed by atoms with Crippen molar-refractivity contribution in [3.63, 3.8) is 0 Å². The molecule has 21 heavy (non-hydrogen) atoms. The maximum absolute atomic E-state index is 4.40. The van der Waals surface area contributed by atoms with Gasteiger partial charge < -0.3 is 10.6 Å². The molecule has 0 aliphatic heterocycles. The molecule has 2 aromatic heterocycles. The molecule has 0 unspecified atom stereocenters. The number of nitrogens with one attached hydrogen (secondary N) is 2. The van der Waals surface area contributed by atoms with Gasteiger partial charge in [-0.25, -0.2) is 15.0 Å². The maximum atomic E-state index is 4.40. The van der Waals surface area contributed by atoms with E-state index < -0.39 is 0 Å². The molecule has 0 radical (unpaired) electrons. The van der Waals surface area contributed by atoms with E-state index in [1.54, 1.807) is 24.5 Å². The Kier molecular flexibility index (Phi) is 3.68. The van der Waals surface area contributed by atoms with Crippen molar-refractivity contribution in [1.29, 1.82) is 0 Å². The number of nitrogens with zero attached hydrogens (tertiary/aromatic N) is 4. The predicted molar refractivity (Wildman–Crippen MR) is 81.8 cm³/mol. The number of anilines is 4. The molecule has 2 heterocycles. The molecule has 0 aliphatic carbocycles. The molecule has 0 fully saturated rings. The molecule has 104 valence electrons. The van der Waals surface area contributed by atoms with Gasteiger partial charge in [0.1, 0.15) is 18.0 Å². The molecule has 2 N–H and O–H groups in total. The van der Waals surface area contributed by atoms with Gasteiger partial charge in [0.25, 0.3) is 0 Å². The molecular weight excluding hydrogens is 264 g/mol. The van der Waals surface area contributed by atoms with E-state index in [9.17, 15) is 0 Å². The minimum absolute atomic E-state index is 0.527. The molecule has 0 amide bonds. The van der Waals surface area contributed by atoms with Crippen molar-refractivity contribution in [2.45, 2.75) is 6.92 Å². The van der Waals surface area contributed by atoms with Crippen LogP contribution in [-0.4, -0.2) is 19.9 Å². The van der Waals surface area contributed by atoms with Crippen LogP contribution in [0.15, 0.2) is 55.1 Å².